The Labute approximate surface area is 148 Å². The maximum Gasteiger partial charge on any atom is 0.0987 e. The molecule has 1 aromatic carbocycles. The molecule has 1 fully saturated rings. The first-order valence-electron chi connectivity index (χ1n) is 8.67. The van der Waals surface area contributed by atoms with Crippen LogP contribution in [-0.4, -0.2) is 29.0 Å². The number of anilines is 1. The summed E-state index contributed by atoms with van der Waals surface area (Å²) < 4.78 is 0. The molecule has 0 atom stereocenters. The number of nitrogens with one attached hydrogen (secondary N) is 1. The Kier molecular flexibility index (Phi) is 3.59. The van der Waals surface area contributed by atoms with Crippen LogP contribution in [0.2, 0.25) is 0 Å². The van der Waals surface area contributed by atoms with Gasteiger partial charge in [0.25, 0.3) is 0 Å². The van der Waals surface area contributed by atoms with Gasteiger partial charge in [0.15, 0.2) is 0 Å². The van der Waals surface area contributed by atoms with Gasteiger partial charge in [0.1, 0.15) is 0 Å². The van der Waals surface area contributed by atoms with Crippen LogP contribution in [0.1, 0.15) is 44.2 Å². The fraction of sp³-hybridized carbons (Fsp3) is 0.450. The lowest BCUT2D eigenvalue weighted by Crippen LogP contribution is -2.48. The zero-order chi connectivity index (χ0) is 17.1. The van der Waals surface area contributed by atoms with Gasteiger partial charge in [-0.15, -0.1) is 11.3 Å². The molecule has 1 aromatic heterocycles. The van der Waals surface area contributed by atoms with Crippen LogP contribution in [0.15, 0.2) is 36.7 Å². The molecule has 4 rings (SSSR count). The van der Waals surface area contributed by atoms with Gasteiger partial charge in [-0.05, 0) is 31.0 Å². The average Bonchev–Trinajstić information content (AvgIpc) is 3.01. The fourth-order valence-electron chi connectivity index (χ4n) is 3.53. The highest BCUT2D eigenvalue weighted by molar-refractivity contribution is 7.15. The Morgan fingerprint density at radius 2 is 2.08 bits per heavy atom. The Hall–Kier alpha value is -1.65. The van der Waals surface area contributed by atoms with Crippen LogP contribution < -0.4 is 5.32 Å². The first kappa shape index (κ1) is 15.9. The molecule has 2 aliphatic rings. The summed E-state index contributed by atoms with van der Waals surface area (Å²) in [7, 11) is 0. The van der Waals surface area contributed by atoms with E-state index in [-0.39, 0.29) is 5.41 Å². The van der Waals surface area contributed by atoms with E-state index in [0.29, 0.717) is 12.0 Å². The Balaban J connectivity index is 1.56. The standard InChI is InChI=1S/C20H25N3S/c1-12(2)23-10-15(11-23)19-21-9-18(24-19)14-6-7-16-17(8-14)22-13(3)20(16,4)5/h6-9,12,15,22H,3,10-11H2,1-2,4-5H3. The number of likely N-dealkylation sites (tertiary alicyclic amines) is 1. The molecule has 1 N–H and O–H groups in total. The molecule has 0 spiro atoms. The summed E-state index contributed by atoms with van der Waals surface area (Å²) in [4.78, 5) is 8.46. The second kappa shape index (κ2) is 5.43. The zero-order valence-electron chi connectivity index (χ0n) is 14.9. The highest BCUT2D eigenvalue weighted by atomic mass is 32.1. The summed E-state index contributed by atoms with van der Waals surface area (Å²) in [5, 5.41) is 4.73. The number of aromatic nitrogens is 1. The van der Waals surface area contributed by atoms with Crippen LogP contribution >= 0.6 is 11.3 Å². The largest absolute Gasteiger partial charge is 0.358 e. The van der Waals surface area contributed by atoms with Crippen molar-refractivity contribution in [3.05, 3.63) is 47.2 Å². The molecule has 1 saturated heterocycles. The first-order chi connectivity index (χ1) is 11.4. The van der Waals surface area contributed by atoms with Crippen molar-refractivity contribution in [2.24, 2.45) is 0 Å². The van der Waals surface area contributed by atoms with Gasteiger partial charge >= 0.3 is 0 Å². The van der Waals surface area contributed by atoms with Gasteiger partial charge in [-0.1, -0.05) is 32.6 Å². The molecule has 126 valence electrons. The molecule has 0 unspecified atom stereocenters. The SMILES string of the molecule is C=C1Nc2cc(-c3cnc(C4CN(C(C)C)C4)s3)ccc2C1(C)C. The second-order valence-electron chi connectivity index (χ2n) is 7.80. The number of thiazole rings is 1. The van der Waals surface area contributed by atoms with E-state index in [1.807, 2.05) is 17.5 Å². The van der Waals surface area contributed by atoms with Crippen LogP contribution in [0.5, 0.6) is 0 Å². The third-order valence-corrected chi connectivity index (χ3v) is 6.74. The minimum absolute atomic E-state index is 0.00103. The first-order valence-corrected chi connectivity index (χ1v) is 9.49. The lowest BCUT2D eigenvalue weighted by Gasteiger charge is -2.41. The Morgan fingerprint density at radius 1 is 1.33 bits per heavy atom. The molecule has 2 aliphatic heterocycles. The van der Waals surface area contributed by atoms with Crippen molar-refractivity contribution < 1.29 is 0 Å². The highest BCUT2D eigenvalue weighted by Crippen LogP contribution is 2.44. The predicted molar refractivity (Wildman–Crippen MR) is 103 cm³/mol. The van der Waals surface area contributed by atoms with E-state index in [4.69, 9.17) is 4.98 Å². The number of fused-ring (bicyclic) bond motifs is 1. The number of benzene rings is 1. The Bertz CT molecular complexity index is 797. The molecule has 0 bridgehead atoms. The normalized spacial score (nSPS) is 20.1. The quantitative estimate of drug-likeness (QED) is 0.868. The summed E-state index contributed by atoms with van der Waals surface area (Å²) in [5.74, 6) is 0.609. The van der Waals surface area contributed by atoms with Crippen LogP contribution in [0.3, 0.4) is 0 Å². The molecule has 2 aromatic rings. The van der Waals surface area contributed by atoms with E-state index in [1.165, 1.54) is 26.7 Å². The number of hydrogen-bond acceptors (Lipinski definition) is 4. The number of allylic oxidation sites excluding steroid dienone is 1. The third-order valence-electron chi connectivity index (χ3n) is 5.53. The van der Waals surface area contributed by atoms with E-state index in [9.17, 15) is 0 Å². The summed E-state index contributed by atoms with van der Waals surface area (Å²) in [6.07, 6.45) is 2.04. The van der Waals surface area contributed by atoms with Crippen LogP contribution in [0.25, 0.3) is 10.4 Å². The molecular formula is C20H25N3S. The third kappa shape index (κ3) is 2.40. The van der Waals surface area contributed by atoms with Crippen molar-refractivity contribution in [1.29, 1.82) is 0 Å². The minimum atomic E-state index is -0.00103. The Morgan fingerprint density at radius 3 is 2.79 bits per heavy atom. The fourth-order valence-corrected chi connectivity index (χ4v) is 4.52. The molecule has 0 saturated carbocycles. The lowest BCUT2D eigenvalue weighted by atomic mass is 9.84. The zero-order valence-corrected chi connectivity index (χ0v) is 15.7. The van der Waals surface area contributed by atoms with Gasteiger partial charge < -0.3 is 5.32 Å². The lowest BCUT2D eigenvalue weighted by molar-refractivity contribution is 0.110. The smallest absolute Gasteiger partial charge is 0.0987 e. The van der Waals surface area contributed by atoms with Gasteiger partial charge in [-0.3, -0.25) is 4.90 Å². The topological polar surface area (TPSA) is 28.2 Å². The maximum atomic E-state index is 4.70. The predicted octanol–water partition coefficient (Wildman–Crippen LogP) is 4.83. The van der Waals surface area contributed by atoms with E-state index < -0.39 is 0 Å². The minimum Gasteiger partial charge on any atom is -0.358 e. The molecule has 3 heterocycles. The van der Waals surface area contributed by atoms with E-state index in [0.717, 1.165) is 18.8 Å². The van der Waals surface area contributed by atoms with Gasteiger partial charge in [-0.2, -0.15) is 0 Å². The van der Waals surface area contributed by atoms with E-state index in [1.54, 1.807) is 0 Å². The van der Waals surface area contributed by atoms with Crippen LogP contribution in [0.4, 0.5) is 5.69 Å². The van der Waals surface area contributed by atoms with Crippen molar-refractivity contribution >= 4 is 17.0 Å². The van der Waals surface area contributed by atoms with Gasteiger partial charge in [0, 0.05) is 48.0 Å². The molecular weight excluding hydrogens is 314 g/mol. The van der Waals surface area contributed by atoms with Crippen molar-refractivity contribution in [2.45, 2.75) is 45.1 Å². The number of rotatable bonds is 3. The summed E-state index contributed by atoms with van der Waals surface area (Å²) in [5.41, 5.74) is 4.83. The number of hydrogen-bond donors (Lipinski definition) is 1. The van der Waals surface area contributed by atoms with Crippen LogP contribution in [0, 0.1) is 0 Å². The molecule has 24 heavy (non-hydrogen) atoms. The highest BCUT2D eigenvalue weighted by Gasteiger charge is 2.34. The van der Waals surface area contributed by atoms with Crippen molar-refractivity contribution in [3.8, 4) is 10.4 Å². The average molecular weight is 340 g/mol. The summed E-state index contributed by atoms with van der Waals surface area (Å²) in [6, 6.07) is 7.34. The van der Waals surface area contributed by atoms with Crippen LogP contribution in [-0.2, 0) is 5.41 Å². The monoisotopic (exact) mass is 339 g/mol. The maximum absolute atomic E-state index is 4.70. The second-order valence-corrected chi connectivity index (χ2v) is 8.86. The van der Waals surface area contributed by atoms with E-state index >= 15 is 0 Å². The van der Waals surface area contributed by atoms with Crippen molar-refractivity contribution in [1.82, 2.24) is 9.88 Å². The molecule has 3 nitrogen and oxygen atoms in total. The molecule has 4 heteroatoms. The molecule has 0 radical (unpaired) electrons. The van der Waals surface area contributed by atoms with Crippen molar-refractivity contribution in [2.75, 3.05) is 18.4 Å². The number of nitrogens with zero attached hydrogens (tertiary/aromatic N) is 2. The molecule has 0 aliphatic carbocycles. The summed E-state index contributed by atoms with van der Waals surface area (Å²) in [6.45, 7) is 15.4. The van der Waals surface area contributed by atoms with Gasteiger partial charge in [0.05, 0.1) is 9.88 Å². The van der Waals surface area contributed by atoms with Crippen molar-refractivity contribution in [3.63, 3.8) is 0 Å². The van der Waals surface area contributed by atoms with Gasteiger partial charge in [0.2, 0.25) is 0 Å². The van der Waals surface area contributed by atoms with E-state index in [2.05, 4.69) is 62.7 Å². The molecule has 0 amide bonds. The van der Waals surface area contributed by atoms with Gasteiger partial charge in [-0.25, -0.2) is 4.98 Å². The summed E-state index contributed by atoms with van der Waals surface area (Å²) >= 11 is 1.84.